The number of rotatable bonds is 8. The number of nitrogens with one attached hydrogen (secondary N) is 2. The van der Waals surface area contributed by atoms with Gasteiger partial charge in [0.15, 0.2) is 0 Å². The van der Waals surface area contributed by atoms with Crippen molar-refractivity contribution in [1.82, 2.24) is 0 Å². The number of hydrogen-bond donors (Lipinski definition) is 2. The van der Waals surface area contributed by atoms with Crippen molar-refractivity contribution < 1.29 is 23.7 Å². The Morgan fingerprint density at radius 1 is 0.952 bits per heavy atom. The number of hydrogen-bond acceptors (Lipinski definition) is 2. The topological polar surface area (TPSA) is 27.3 Å². The van der Waals surface area contributed by atoms with E-state index in [1.807, 2.05) is 0 Å². The Labute approximate surface area is 126 Å². The molecule has 1 aromatic carbocycles. The van der Waals surface area contributed by atoms with E-state index in [9.17, 15) is 4.39 Å². The number of piperazine rings is 1. The molecule has 1 aromatic rings. The number of halogens is 1. The Bertz CT molecular complexity index is 392. The maximum atomic E-state index is 12.7. The van der Waals surface area contributed by atoms with Gasteiger partial charge in [-0.15, -0.1) is 0 Å². The normalized spacial score (nSPS) is 22.2. The summed E-state index contributed by atoms with van der Waals surface area (Å²) in [4.78, 5) is 3.36. The maximum Gasteiger partial charge on any atom is 0.127 e. The lowest BCUT2D eigenvalue weighted by Crippen LogP contribution is -3.28. The molecule has 0 unspecified atom stereocenters. The van der Waals surface area contributed by atoms with Crippen molar-refractivity contribution in [1.29, 1.82) is 0 Å². The Balaban J connectivity index is 1.48. The summed E-state index contributed by atoms with van der Waals surface area (Å²) in [5.41, 5.74) is 0. The second-order valence-electron chi connectivity index (χ2n) is 5.52. The van der Waals surface area contributed by atoms with E-state index in [-0.39, 0.29) is 5.82 Å². The van der Waals surface area contributed by atoms with Gasteiger partial charge in [0.25, 0.3) is 0 Å². The summed E-state index contributed by atoms with van der Waals surface area (Å²) in [6.07, 6.45) is 0. The minimum Gasteiger partial charge on any atom is -0.491 e. The van der Waals surface area contributed by atoms with Gasteiger partial charge in [-0.05, 0) is 31.2 Å². The molecule has 0 saturated carbocycles. The van der Waals surface area contributed by atoms with Crippen LogP contribution in [-0.2, 0) is 4.74 Å². The largest absolute Gasteiger partial charge is 0.491 e. The Morgan fingerprint density at radius 2 is 1.62 bits per heavy atom. The third-order valence-electron chi connectivity index (χ3n) is 4.07. The van der Waals surface area contributed by atoms with Crippen LogP contribution in [0.5, 0.6) is 5.75 Å². The molecule has 2 rings (SSSR count). The van der Waals surface area contributed by atoms with Crippen LogP contribution in [0.2, 0.25) is 0 Å². The average molecular weight is 298 g/mol. The molecule has 0 radical (unpaired) electrons. The fourth-order valence-corrected chi connectivity index (χ4v) is 2.63. The molecular formula is C16H27FN2O2+2. The molecule has 2 N–H and O–H groups in total. The Kier molecular flexibility index (Phi) is 6.92. The van der Waals surface area contributed by atoms with Crippen molar-refractivity contribution in [2.45, 2.75) is 6.92 Å². The van der Waals surface area contributed by atoms with Crippen LogP contribution in [-0.4, -0.2) is 59.1 Å². The van der Waals surface area contributed by atoms with E-state index in [0.717, 1.165) is 13.2 Å². The molecule has 1 fully saturated rings. The van der Waals surface area contributed by atoms with E-state index in [2.05, 4.69) is 6.92 Å². The summed E-state index contributed by atoms with van der Waals surface area (Å²) in [6.45, 7) is 11.5. The van der Waals surface area contributed by atoms with E-state index >= 15 is 0 Å². The Morgan fingerprint density at radius 3 is 2.29 bits per heavy atom. The van der Waals surface area contributed by atoms with Gasteiger partial charge in [-0.3, -0.25) is 0 Å². The highest BCUT2D eigenvalue weighted by molar-refractivity contribution is 5.21. The van der Waals surface area contributed by atoms with E-state index in [4.69, 9.17) is 9.47 Å². The highest BCUT2D eigenvalue weighted by atomic mass is 19.1. The zero-order valence-corrected chi connectivity index (χ0v) is 12.9. The van der Waals surface area contributed by atoms with E-state index in [0.29, 0.717) is 19.0 Å². The highest BCUT2D eigenvalue weighted by Gasteiger charge is 2.20. The van der Waals surface area contributed by atoms with Crippen molar-refractivity contribution in [3.63, 3.8) is 0 Å². The van der Waals surface area contributed by atoms with Crippen LogP contribution >= 0.6 is 0 Å². The summed E-state index contributed by atoms with van der Waals surface area (Å²) in [5.74, 6) is 0.441. The molecule has 0 bridgehead atoms. The van der Waals surface area contributed by atoms with Crippen molar-refractivity contribution in [3.8, 4) is 5.75 Å². The quantitative estimate of drug-likeness (QED) is 0.604. The maximum absolute atomic E-state index is 12.7. The van der Waals surface area contributed by atoms with Gasteiger partial charge in [0.05, 0.1) is 19.8 Å². The van der Waals surface area contributed by atoms with Gasteiger partial charge in [0.1, 0.15) is 50.9 Å². The number of ether oxygens (including phenoxy) is 2. The summed E-state index contributed by atoms with van der Waals surface area (Å²) in [6, 6.07) is 6.07. The van der Waals surface area contributed by atoms with Gasteiger partial charge in [-0.1, -0.05) is 0 Å². The molecule has 118 valence electrons. The number of quaternary nitrogens is 2. The molecule has 1 aliphatic rings. The molecule has 1 aliphatic heterocycles. The molecule has 0 atom stereocenters. The molecule has 0 aliphatic carbocycles. The number of likely N-dealkylation sites (N-methyl/N-ethyl adjacent to an activating group) is 1. The van der Waals surface area contributed by atoms with Crippen LogP contribution in [0.15, 0.2) is 24.3 Å². The summed E-state index contributed by atoms with van der Waals surface area (Å²) in [7, 11) is 0. The first-order valence-electron chi connectivity index (χ1n) is 7.91. The monoisotopic (exact) mass is 298 g/mol. The van der Waals surface area contributed by atoms with Crippen molar-refractivity contribution >= 4 is 0 Å². The molecule has 0 aromatic heterocycles. The van der Waals surface area contributed by atoms with Gasteiger partial charge in [-0.25, -0.2) is 4.39 Å². The zero-order valence-electron chi connectivity index (χ0n) is 12.9. The van der Waals surface area contributed by atoms with Crippen LogP contribution in [0.3, 0.4) is 0 Å². The third-order valence-corrected chi connectivity index (χ3v) is 4.07. The lowest BCUT2D eigenvalue weighted by molar-refractivity contribution is -1.01. The van der Waals surface area contributed by atoms with Crippen molar-refractivity contribution in [2.24, 2.45) is 0 Å². The number of benzene rings is 1. The lowest BCUT2D eigenvalue weighted by Gasteiger charge is -2.28. The first-order chi connectivity index (χ1) is 10.3. The minimum atomic E-state index is -0.244. The van der Waals surface area contributed by atoms with E-state index in [1.54, 1.807) is 21.9 Å². The zero-order chi connectivity index (χ0) is 14.9. The van der Waals surface area contributed by atoms with Crippen LogP contribution in [0, 0.1) is 5.82 Å². The molecule has 1 heterocycles. The summed E-state index contributed by atoms with van der Waals surface area (Å²) in [5, 5.41) is 0. The molecule has 0 amide bonds. The lowest BCUT2D eigenvalue weighted by atomic mass is 10.3. The predicted molar refractivity (Wildman–Crippen MR) is 79.5 cm³/mol. The molecule has 4 nitrogen and oxygen atoms in total. The van der Waals surface area contributed by atoms with Gasteiger partial charge >= 0.3 is 0 Å². The molecule has 1 saturated heterocycles. The van der Waals surface area contributed by atoms with Gasteiger partial charge < -0.3 is 19.3 Å². The van der Waals surface area contributed by atoms with Crippen LogP contribution in [0.4, 0.5) is 4.39 Å². The molecular weight excluding hydrogens is 271 g/mol. The summed E-state index contributed by atoms with van der Waals surface area (Å²) < 4.78 is 23.8. The molecule has 5 heteroatoms. The summed E-state index contributed by atoms with van der Waals surface area (Å²) >= 11 is 0. The Hall–Kier alpha value is -1.17. The predicted octanol–water partition coefficient (Wildman–Crippen LogP) is -0.976. The first-order valence-corrected chi connectivity index (χ1v) is 7.91. The SMILES string of the molecule is CC[NH+]1CC[NH+](CCOCCOc2ccc(F)cc2)CC1. The van der Waals surface area contributed by atoms with Gasteiger partial charge in [-0.2, -0.15) is 0 Å². The van der Waals surface area contributed by atoms with Gasteiger partial charge in [0.2, 0.25) is 0 Å². The fourth-order valence-electron chi connectivity index (χ4n) is 2.63. The molecule has 0 spiro atoms. The smallest absolute Gasteiger partial charge is 0.127 e. The standard InChI is InChI=1S/C16H25FN2O2/c1-2-18-7-9-19(10-8-18)11-12-20-13-14-21-16-5-3-15(17)4-6-16/h3-6H,2,7-14H2,1H3/p+2. The van der Waals surface area contributed by atoms with E-state index < -0.39 is 0 Å². The minimum absolute atomic E-state index is 0.244. The first kappa shape index (κ1) is 16.2. The molecule has 21 heavy (non-hydrogen) atoms. The van der Waals surface area contributed by atoms with Crippen LogP contribution in [0.1, 0.15) is 6.92 Å². The third kappa shape index (κ3) is 5.99. The fraction of sp³-hybridized carbons (Fsp3) is 0.625. The van der Waals surface area contributed by atoms with E-state index in [1.165, 1.54) is 44.9 Å². The van der Waals surface area contributed by atoms with Crippen LogP contribution in [0.25, 0.3) is 0 Å². The highest BCUT2D eigenvalue weighted by Crippen LogP contribution is 2.10. The van der Waals surface area contributed by atoms with Crippen LogP contribution < -0.4 is 14.5 Å². The van der Waals surface area contributed by atoms with Gasteiger partial charge in [0, 0.05) is 0 Å². The second-order valence-corrected chi connectivity index (χ2v) is 5.52. The second kappa shape index (κ2) is 8.97. The average Bonchev–Trinajstić information content (AvgIpc) is 2.53. The van der Waals surface area contributed by atoms with Crippen molar-refractivity contribution in [2.75, 3.05) is 59.1 Å². The van der Waals surface area contributed by atoms with Crippen molar-refractivity contribution in [3.05, 3.63) is 30.1 Å².